The highest BCUT2D eigenvalue weighted by atomic mass is 32.1. The molecule has 0 radical (unpaired) electrons. The molecule has 0 saturated heterocycles. The van der Waals surface area contributed by atoms with Gasteiger partial charge in [-0.25, -0.2) is 4.98 Å². The number of thiazole rings is 1. The maximum Gasteiger partial charge on any atom is 0.211 e. The van der Waals surface area contributed by atoms with Crippen molar-refractivity contribution in [1.29, 1.82) is 0 Å². The Balaban J connectivity index is 1.82. The van der Waals surface area contributed by atoms with E-state index in [1.807, 2.05) is 30.5 Å². The molecule has 0 aliphatic rings. The Labute approximate surface area is 112 Å². The normalized spacial score (nSPS) is 10.5. The van der Waals surface area contributed by atoms with Gasteiger partial charge in [0.15, 0.2) is 5.13 Å². The van der Waals surface area contributed by atoms with Crippen molar-refractivity contribution in [2.75, 3.05) is 5.32 Å². The van der Waals surface area contributed by atoms with Crippen molar-refractivity contribution in [3.63, 3.8) is 0 Å². The molecule has 7 heteroatoms. The smallest absolute Gasteiger partial charge is 0.211 e. The van der Waals surface area contributed by atoms with E-state index in [9.17, 15) is 0 Å². The number of rotatable bonds is 3. The summed E-state index contributed by atoms with van der Waals surface area (Å²) in [7, 11) is 0. The Kier molecular flexibility index (Phi) is 2.99. The summed E-state index contributed by atoms with van der Waals surface area (Å²) < 4.78 is 0. The van der Waals surface area contributed by atoms with E-state index in [4.69, 9.17) is 0 Å². The molecule has 3 aromatic heterocycles. The molecule has 3 rings (SSSR count). The zero-order valence-electron chi connectivity index (χ0n) is 9.49. The second-order valence-electron chi connectivity index (χ2n) is 3.50. The first-order valence-corrected chi connectivity index (χ1v) is 6.95. The molecule has 18 heavy (non-hydrogen) atoms. The number of aryl methyl sites for hydroxylation is 1. The molecule has 3 heterocycles. The van der Waals surface area contributed by atoms with Gasteiger partial charge in [0.25, 0.3) is 0 Å². The van der Waals surface area contributed by atoms with E-state index in [0.717, 1.165) is 26.7 Å². The van der Waals surface area contributed by atoms with Gasteiger partial charge >= 0.3 is 0 Å². The number of pyridine rings is 1. The third-order valence-corrected chi connectivity index (χ3v) is 3.68. The van der Waals surface area contributed by atoms with E-state index in [0.29, 0.717) is 0 Å². The lowest BCUT2D eigenvalue weighted by molar-refractivity contribution is 1.05. The Hall–Kier alpha value is -1.86. The Morgan fingerprint density at radius 1 is 1.11 bits per heavy atom. The van der Waals surface area contributed by atoms with Crippen LogP contribution >= 0.6 is 22.7 Å². The summed E-state index contributed by atoms with van der Waals surface area (Å²) in [6.45, 7) is 1.92. The minimum absolute atomic E-state index is 0.759. The fourth-order valence-electron chi connectivity index (χ4n) is 1.40. The minimum Gasteiger partial charge on any atom is -0.306 e. The summed E-state index contributed by atoms with van der Waals surface area (Å²) in [5.74, 6) is 0. The number of nitrogens with one attached hydrogen (secondary N) is 1. The van der Waals surface area contributed by atoms with Gasteiger partial charge in [-0.15, -0.1) is 21.5 Å². The number of hydrogen-bond acceptors (Lipinski definition) is 7. The fourth-order valence-corrected chi connectivity index (χ4v) is 2.76. The summed E-state index contributed by atoms with van der Waals surface area (Å²) in [6.07, 6.45) is 1.76. The largest absolute Gasteiger partial charge is 0.306 e. The van der Waals surface area contributed by atoms with Crippen molar-refractivity contribution in [1.82, 2.24) is 20.2 Å². The van der Waals surface area contributed by atoms with Crippen LogP contribution in [0.25, 0.3) is 11.4 Å². The highest BCUT2D eigenvalue weighted by molar-refractivity contribution is 7.16. The zero-order chi connectivity index (χ0) is 12.4. The lowest BCUT2D eigenvalue weighted by atomic mass is 10.3. The SMILES string of the molecule is Cc1nnc(Nc2nc(-c3ccccn3)cs2)s1. The van der Waals surface area contributed by atoms with Crippen LogP contribution < -0.4 is 5.32 Å². The molecule has 90 valence electrons. The van der Waals surface area contributed by atoms with Crippen molar-refractivity contribution in [3.05, 3.63) is 34.8 Å². The molecule has 1 N–H and O–H groups in total. The van der Waals surface area contributed by atoms with Crippen LogP contribution in [0, 0.1) is 6.92 Å². The van der Waals surface area contributed by atoms with Crippen LogP contribution in [0.2, 0.25) is 0 Å². The molecule has 0 saturated carbocycles. The molecule has 0 aromatic carbocycles. The van der Waals surface area contributed by atoms with Gasteiger partial charge in [-0.05, 0) is 19.1 Å². The van der Waals surface area contributed by atoms with Gasteiger partial charge in [-0.1, -0.05) is 17.4 Å². The van der Waals surface area contributed by atoms with Gasteiger partial charge in [0.05, 0.1) is 5.69 Å². The molecule has 0 amide bonds. The van der Waals surface area contributed by atoms with E-state index in [2.05, 4.69) is 25.5 Å². The van der Waals surface area contributed by atoms with Gasteiger partial charge in [-0.3, -0.25) is 4.98 Å². The molecule has 5 nitrogen and oxygen atoms in total. The van der Waals surface area contributed by atoms with Crippen molar-refractivity contribution >= 4 is 32.9 Å². The van der Waals surface area contributed by atoms with Crippen LogP contribution in [0.15, 0.2) is 29.8 Å². The number of hydrogen-bond donors (Lipinski definition) is 1. The van der Waals surface area contributed by atoms with E-state index in [1.165, 1.54) is 22.7 Å². The summed E-state index contributed by atoms with van der Waals surface area (Å²) in [5, 5.41) is 15.5. The van der Waals surface area contributed by atoms with Gasteiger partial charge in [0.1, 0.15) is 10.7 Å². The predicted molar refractivity (Wildman–Crippen MR) is 73.3 cm³/mol. The Morgan fingerprint density at radius 3 is 2.78 bits per heavy atom. The topological polar surface area (TPSA) is 63.6 Å². The average molecular weight is 275 g/mol. The highest BCUT2D eigenvalue weighted by Crippen LogP contribution is 2.26. The molecule has 0 fully saturated rings. The first-order chi connectivity index (χ1) is 8.81. The average Bonchev–Trinajstić information content (AvgIpc) is 3.01. The van der Waals surface area contributed by atoms with Gasteiger partial charge in [0, 0.05) is 11.6 Å². The summed E-state index contributed by atoms with van der Waals surface area (Å²) in [4.78, 5) is 8.73. The lowest BCUT2D eigenvalue weighted by Crippen LogP contribution is -1.89. The second kappa shape index (κ2) is 4.79. The Morgan fingerprint density at radius 2 is 2.06 bits per heavy atom. The quantitative estimate of drug-likeness (QED) is 0.795. The van der Waals surface area contributed by atoms with E-state index >= 15 is 0 Å². The molecule has 0 spiro atoms. The van der Waals surface area contributed by atoms with Gasteiger partial charge in [0.2, 0.25) is 5.13 Å². The first kappa shape index (κ1) is 11.2. The molecular formula is C11H9N5S2. The predicted octanol–water partition coefficient (Wildman–Crippen LogP) is 3.11. The van der Waals surface area contributed by atoms with E-state index < -0.39 is 0 Å². The Bertz CT molecular complexity index is 646. The summed E-state index contributed by atoms with van der Waals surface area (Å²) in [5.41, 5.74) is 1.74. The molecule has 0 bridgehead atoms. The third-order valence-electron chi connectivity index (χ3n) is 2.17. The second-order valence-corrected chi connectivity index (χ2v) is 5.54. The monoisotopic (exact) mass is 275 g/mol. The van der Waals surface area contributed by atoms with Crippen LogP contribution in [0.3, 0.4) is 0 Å². The molecule has 0 aliphatic carbocycles. The molecule has 0 unspecified atom stereocenters. The maximum absolute atomic E-state index is 4.47. The van der Waals surface area contributed by atoms with Crippen molar-refractivity contribution in [3.8, 4) is 11.4 Å². The van der Waals surface area contributed by atoms with Crippen LogP contribution in [-0.2, 0) is 0 Å². The van der Waals surface area contributed by atoms with Crippen molar-refractivity contribution in [2.45, 2.75) is 6.92 Å². The standard InChI is InChI=1S/C11H9N5S2/c1-7-15-16-11(18-7)14-10-13-9(6-17-10)8-4-2-3-5-12-8/h2-6H,1H3,(H,13,14,16). The van der Waals surface area contributed by atoms with Crippen molar-refractivity contribution in [2.24, 2.45) is 0 Å². The van der Waals surface area contributed by atoms with Gasteiger partial charge < -0.3 is 5.32 Å². The minimum atomic E-state index is 0.759. The maximum atomic E-state index is 4.47. The molecular weight excluding hydrogens is 266 g/mol. The molecule has 3 aromatic rings. The lowest BCUT2D eigenvalue weighted by Gasteiger charge is -1.95. The van der Waals surface area contributed by atoms with Gasteiger partial charge in [-0.2, -0.15) is 0 Å². The van der Waals surface area contributed by atoms with Crippen molar-refractivity contribution < 1.29 is 0 Å². The van der Waals surface area contributed by atoms with E-state index in [-0.39, 0.29) is 0 Å². The number of aromatic nitrogens is 4. The van der Waals surface area contributed by atoms with Crippen LogP contribution in [0.1, 0.15) is 5.01 Å². The number of nitrogens with zero attached hydrogens (tertiary/aromatic N) is 4. The third kappa shape index (κ3) is 2.36. The summed E-state index contributed by atoms with van der Waals surface area (Å²) >= 11 is 3.03. The highest BCUT2D eigenvalue weighted by Gasteiger charge is 2.07. The van der Waals surface area contributed by atoms with E-state index in [1.54, 1.807) is 6.20 Å². The first-order valence-electron chi connectivity index (χ1n) is 5.25. The molecule has 0 aliphatic heterocycles. The fraction of sp³-hybridized carbons (Fsp3) is 0.0909. The van der Waals surface area contributed by atoms with Crippen LogP contribution in [0.5, 0.6) is 0 Å². The van der Waals surface area contributed by atoms with Crippen LogP contribution in [0.4, 0.5) is 10.3 Å². The summed E-state index contributed by atoms with van der Waals surface area (Å²) in [6, 6.07) is 5.77. The number of anilines is 2. The molecule has 0 atom stereocenters. The van der Waals surface area contributed by atoms with Crippen LogP contribution in [-0.4, -0.2) is 20.2 Å². The zero-order valence-corrected chi connectivity index (χ0v) is 11.1.